The molecule has 116 valence electrons. The highest BCUT2D eigenvalue weighted by atomic mass is 35.5. The van der Waals surface area contributed by atoms with Crippen LogP contribution in [-0.4, -0.2) is 22.2 Å². The van der Waals surface area contributed by atoms with Crippen molar-refractivity contribution in [1.29, 1.82) is 0 Å². The Bertz CT molecular complexity index is 693. The summed E-state index contributed by atoms with van der Waals surface area (Å²) >= 11 is 5.63. The maximum absolute atomic E-state index is 13.3. The molecule has 0 saturated carbocycles. The van der Waals surface area contributed by atoms with Crippen molar-refractivity contribution in [2.45, 2.75) is 43.9 Å². The summed E-state index contributed by atoms with van der Waals surface area (Å²) in [6.45, 7) is 0.138. The van der Waals surface area contributed by atoms with Gasteiger partial charge in [0.2, 0.25) is 11.7 Å². The summed E-state index contributed by atoms with van der Waals surface area (Å²) in [7, 11) is 0. The average molecular weight is 324 g/mol. The zero-order valence-corrected chi connectivity index (χ0v) is 12.5. The molecule has 2 bridgehead atoms. The zero-order chi connectivity index (χ0) is 15.1. The number of aromatic nitrogens is 2. The SMILES string of the molecule is Fc1cc(OCc2noc([C@@H]3C[C@@H]4CC[C@H]3N4)n2)ccc1Cl. The second-order valence-electron chi connectivity index (χ2n) is 5.80. The molecule has 2 saturated heterocycles. The Morgan fingerprint density at radius 2 is 2.32 bits per heavy atom. The van der Waals surface area contributed by atoms with Gasteiger partial charge >= 0.3 is 0 Å². The number of nitrogens with one attached hydrogen (secondary N) is 1. The molecule has 22 heavy (non-hydrogen) atoms. The third kappa shape index (κ3) is 2.57. The van der Waals surface area contributed by atoms with Gasteiger partial charge in [0.05, 0.1) is 10.9 Å². The van der Waals surface area contributed by atoms with Gasteiger partial charge in [-0.3, -0.25) is 0 Å². The van der Waals surface area contributed by atoms with Crippen LogP contribution >= 0.6 is 11.6 Å². The van der Waals surface area contributed by atoms with E-state index in [2.05, 4.69) is 15.5 Å². The Morgan fingerprint density at radius 1 is 1.41 bits per heavy atom. The molecule has 1 N–H and O–H groups in total. The van der Waals surface area contributed by atoms with E-state index in [0.29, 0.717) is 35.5 Å². The Morgan fingerprint density at radius 3 is 3.05 bits per heavy atom. The molecule has 4 rings (SSSR count). The van der Waals surface area contributed by atoms with Crippen molar-refractivity contribution in [3.8, 4) is 5.75 Å². The lowest BCUT2D eigenvalue weighted by Gasteiger charge is -2.15. The van der Waals surface area contributed by atoms with Crippen LogP contribution < -0.4 is 10.1 Å². The largest absolute Gasteiger partial charge is 0.485 e. The Kier molecular flexibility index (Phi) is 3.50. The van der Waals surface area contributed by atoms with E-state index in [0.717, 1.165) is 12.8 Å². The van der Waals surface area contributed by atoms with Crippen LogP contribution in [-0.2, 0) is 6.61 Å². The van der Waals surface area contributed by atoms with E-state index in [4.69, 9.17) is 20.9 Å². The van der Waals surface area contributed by atoms with Crippen molar-refractivity contribution in [1.82, 2.24) is 15.5 Å². The molecule has 3 atom stereocenters. The van der Waals surface area contributed by atoms with Crippen LogP contribution in [0.4, 0.5) is 4.39 Å². The van der Waals surface area contributed by atoms with E-state index in [-0.39, 0.29) is 11.6 Å². The second-order valence-corrected chi connectivity index (χ2v) is 6.21. The lowest BCUT2D eigenvalue weighted by atomic mass is 9.89. The van der Waals surface area contributed by atoms with Crippen molar-refractivity contribution < 1.29 is 13.7 Å². The summed E-state index contributed by atoms with van der Waals surface area (Å²) in [5.74, 6) is 1.30. The topological polar surface area (TPSA) is 60.2 Å². The smallest absolute Gasteiger partial charge is 0.231 e. The highest BCUT2D eigenvalue weighted by Crippen LogP contribution is 2.39. The number of rotatable bonds is 4. The summed E-state index contributed by atoms with van der Waals surface area (Å²) in [4.78, 5) is 4.40. The first-order valence-corrected chi connectivity index (χ1v) is 7.73. The molecular weight excluding hydrogens is 309 g/mol. The molecule has 2 fully saturated rings. The number of fused-ring (bicyclic) bond motifs is 2. The maximum atomic E-state index is 13.3. The van der Waals surface area contributed by atoms with Crippen LogP contribution in [0.3, 0.4) is 0 Å². The quantitative estimate of drug-likeness (QED) is 0.937. The average Bonchev–Trinajstić information content (AvgIpc) is 3.24. The molecule has 0 amide bonds. The van der Waals surface area contributed by atoms with Crippen LogP contribution in [0.2, 0.25) is 5.02 Å². The molecule has 0 spiro atoms. The van der Waals surface area contributed by atoms with Crippen molar-refractivity contribution >= 4 is 11.6 Å². The molecule has 5 nitrogen and oxygen atoms in total. The summed E-state index contributed by atoms with van der Waals surface area (Å²) < 4.78 is 24.2. The standard InChI is InChI=1S/C15H15ClFN3O2/c16-11-3-2-9(6-12(11)17)21-7-14-19-15(22-20-14)10-5-8-1-4-13(10)18-8/h2-3,6,8,10,13,18H,1,4-5,7H2/t8-,10+,13+/m0/s1. The summed E-state index contributed by atoms with van der Waals surface area (Å²) in [5, 5.41) is 7.55. The first-order chi connectivity index (χ1) is 10.7. The molecule has 2 aromatic rings. The van der Waals surface area contributed by atoms with Crippen molar-refractivity contribution in [2.24, 2.45) is 0 Å². The molecule has 2 aliphatic rings. The van der Waals surface area contributed by atoms with Gasteiger partial charge in [-0.15, -0.1) is 0 Å². The minimum Gasteiger partial charge on any atom is -0.485 e. The second kappa shape index (κ2) is 5.52. The molecule has 2 aliphatic heterocycles. The number of hydrogen-bond acceptors (Lipinski definition) is 5. The minimum atomic E-state index is -0.513. The van der Waals surface area contributed by atoms with E-state index in [9.17, 15) is 4.39 Å². The van der Waals surface area contributed by atoms with E-state index < -0.39 is 5.82 Å². The number of benzene rings is 1. The summed E-state index contributed by atoms with van der Waals surface area (Å²) in [6, 6.07) is 5.33. The van der Waals surface area contributed by atoms with Gasteiger partial charge in [-0.05, 0) is 31.4 Å². The third-order valence-corrected chi connectivity index (χ3v) is 4.67. The Balaban J connectivity index is 1.40. The van der Waals surface area contributed by atoms with Crippen molar-refractivity contribution in [2.75, 3.05) is 0 Å². The van der Waals surface area contributed by atoms with Gasteiger partial charge in [-0.2, -0.15) is 4.98 Å². The van der Waals surface area contributed by atoms with Gasteiger partial charge in [0.25, 0.3) is 0 Å². The molecule has 0 aliphatic carbocycles. The van der Waals surface area contributed by atoms with Gasteiger partial charge in [0, 0.05) is 18.2 Å². The predicted molar refractivity (Wildman–Crippen MR) is 77.3 cm³/mol. The van der Waals surface area contributed by atoms with Crippen LogP contribution in [0.5, 0.6) is 5.75 Å². The number of nitrogens with zero attached hydrogens (tertiary/aromatic N) is 2. The van der Waals surface area contributed by atoms with Crippen LogP contribution in [0.25, 0.3) is 0 Å². The normalized spacial score (nSPS) is 26.5. The summed E-state index contributed by atoms with van der Waals surface area (Å²) in [6.07, 6.45) is 3.44. The van der Waals surface area contributed by atoms with Gasteiger partial charge in [-0.1, -0.05) is 16.8 Å². The lowest BCUT2D eigenvalue weighted by Crippen LogP contribution is -2.21. The molecule has 1 aromatic heterocycles. The van der Waals surface area contributed by atoms with Gasteiger partial charge in [0.1, 0.15) is 11.6 Å². The molecule has 0 radical (unpaired) electrons. The number of halogens is 2. The maximum Gasteiger partial charge on any atom is 0.231 e. The van der Waals surface area contributed by atoms with Crippen LogP contribution in [0, 0.1) is 5.82 Å². The highest BCUT2D eigenvalue weighted by Gasteiger charge is 2.42. The Hall–Kier alpha value is -1.66. The minimum absolute atomic E-state index is 0.0676. The fourth-order valence-electron chi connectivity index (χ4n) is 3.29. The van der Waals surface area contributed by atoms with Crippen molar-refractivity contribution in [3.05, 3.63) is 40.8 Å². The highest BCUT2D eigenvalue weighted by molar-refractivity contribution is 6.30. The first-order valence-electron chi connectivity index (χ1n) is 7.35. The number of ether oxygens (including phenoxy) is 1. The molecule has 0 unspecified atom stereocenters. The van der Waals surface area contributed by atoms with Gasteiger partial charge in [0.15, 0.2) is 6.61 Å². The third-order valence-electron chi connectivity index (χ3n) is 4.36. The van der Waals surface area contributed by atoms with Gasteiger partial charge < -0.3 is 14.6 Å². The lowest BCUT2D eigenvalue weighted by molar-refractivity contribution is 0.281. The van der Waals surface area contributed by atoms with E-state index in [1.807, 2.05) is 0 Å². The zero-order valence-electron chi connectivity index (χ0n) is 11.8. The van der Waals surface area contributed by atoms with Crippen molar-refractivity contribution in [3.63, 3.8) is 0 Å². The van der Waals surface area contributed by atoms with Gasteiger partial charge in [-0.25, -0.2) is 4.39 Å². The van der Waals surface area contributed by atoms with E-state index in [1.165, 1.54) is 18.6 Å². The molecule has 7 heteroatoms. The van der Waals surface area contributed by atoms with Crippen LogP contribution in [0.15, 0.2) is 22.7 Å². The number of hydrogen-bond donors (Lipinski definition) is 1. The van der Waals surface area contributed by atoms with E-state index >= 15 is 0 Å². The fourth-order valence-corrected chi connectivity index (χ4v) is 3.41. The fraction of sp³-hybridized carbons (Fsp3) is 0.467. The molecule has 3 heterocycles. The summed E-state index contributed by atoms with van der Waals surface area (Å²) in [5.41, 5.74) is 0. The molecule has 1 aromatic carbocycles. The molecular formula is C15H15ClFN3O2. The monoisotopic (exact) mass is 323 g/mol. The Labute approximate surface area is 131 Å². The predicted octanol–water partition coefficient (Wildman–Crippen LogP) is 3.05. The van der Waals surface area contributed by atoms with Crippen LogP contribution in [0.1, 0.15) is 36.9 Å². The van der Waals surface area contributed by atoms with E-state index in [1.54, 1.807) is 6.07 Å². The first kappa shape index (κ1) is 14.0.